The molecule has 0 aliphatic rings. The van der Waals surface area contributed by atoms with E-state index in [0.29, 0.717) is 5.69 Å². The number of anilines is 1. The van der Waals surface area contributed by atoms with E-state index >= 15 is 0 Å². The Morgan fingerprint density at radius 2 is 2.08 bits per heavy atom. The lowest BCUT2D eigenvalue weighted by atomic mass is 10.2. The fourth-order valence-corrected chi connectivity index (χ4v) is 1.21. The Balaban J connectivity index is 0.000000720. The van der Waals surface area contributed by atoms with Crippen LogP contribution < -0.4 is 5.73 Å². The lowest BCUT2D eigenvalue weighted by Gasteiger charge is -1.92. The predicted molar refractivity (Wildman–Crippen MR) is 52.6 cm³/mol. The molecule has 0 unspecified atom stereocenters. The fourth-order valence-electron chi connectivity index (χ4n) is 1.21. The SMILES string of the molecule is Cc1coc2c(N)cccc12.Cl. The molecule has 0 aliphatic carbocycles. The first-order valence-electron chi connectivity index (χ1n) is 3.51. The molecule has 2 N–H and O–H groups in total. The zero-order valence-electron chi connectivity index (χ0n) is 6.70. The number of para-hydroxylation sites is 1. The van der Waals surface area contributed by atoms with Crippen molar-refractivity contribution < 1.29 is 4.42 Å². The third-order valence-corrected chi connectivity index (χ3v) is 1.82. The van der Waals surface area contributed by atoms with Crippen LogP contribution in [-0.4, -0.2) is 0 Å². The van der Waals surface area contributed by atoms with Crippen molar-refractivity contribution in [3.8, 4) is 0 Å². The average molecular weight is 184 g/mol. The van der Waals surface area contributed by atoms with Gasteiger partial charge in [-0.3, -0.25) is 0 Å². The summed E-state index contributed by atoms with van der Waals surface area (Å²) in [5.74, 6) is 0. The first-order chi connectivity index (χ1) is 5.29. The highest BCUT2D eigenvalue weighted by Crippen LogP contribution is 2.24. The van der Waals surface area contributed by atoms with Gasteiger partial charge in [-0.25, -0.2) is 0 Å². The number of nitrogen functional groups attached to an aromatic ring is 1. The van der Waals surface area contributed by atoms with Gasteiger partial charge in [0.2, 0.25) is 0 Å². The highest BCUT2D eigenvalue weighted by atomic mass is 35.5. The fraction of sp³-hybridized carbons (Fsp3) is 0.111. The number of benzene rings is 1. The molecule has 0 radical (unpaired) electrons. The molecule has 12 heavy (non-hydrogen) atoms. The van der Waals surface area contributed by atoms with Gasteiger partial charge in [0.15, 0.2) is 5.58 Å². The van der Waals surface area contributed by atoms with Crippen molar-refractivity contribution in [3.05, 3.63) is 30.0 Å². The van der Waals surface area contributed by atoms with Crippen LogP contribution >= 0.6 is 12.4 Å². The zero-order chi connectivity index (χ0) is 7.84. The number of halogens is 1. The highest BCUT2D eigenvalue weighted by Gasteiger charge is 2.02. The Morgan fingerprint density at radius 3 is 2.75 bits per heavy atom. The van der Waals surface area contributed by atoms with Crippen molar-refractivity contribution in [1.82, 2.24) is 0 Å². The normalized spacial score (nSPS) is 9.75. The van der Waals surface area contributed by atoms with Crippen molar-refractivity contribution in [2.24, 2.45) is 0 Å². The van der Waals surface area contributed by atoms with Gasteiger partial charge in [0.05, 0.1) is 12.0 Å². The number of furan rings is 1. The molecule has 0 aliphatic heterocycles. The zero-order valence-corrected chi connectivity index (χ0v) is 7.52. The molecular formula is C9H10ClNO. The number of nitrogens with two attached hydrogens (primary N) is 1. The minimum atomic E-state index is 0. The number of rotatable bonds is 0. The van der Waals surface area contributed by atoms with Gasteiger partial charge in [0.25, 0.3) is 0 Å². The summed E-state index contributed by atoms with van der Waals surface area (Å²) in [5, 5.41) is 1.10. The van der Waals surface area contributed by atoms with Crippen LogP contribution in [0.15, 0.2) is 28.9 Å². The molecule has 3 heteroatoms. The van der Waals surface area contributed by atoms with Crippen LogP contribution in [0.1, 0.15) is 5.56 Å². The maximum Gasteiger partial charge on any atom is 0.156 e. The molecular weight excluding hydrogens is 174 g/mol. The quantitative estimate of drug-likeness (QED) is 0.638. The van der Waals surface area contributed by atoms with Crippen molar-refractivity contribution in [2.75, 3.05) is 5.73 Å². The number of hydrogen-bond acceptors (Lipinski definition) is 2. The predicted octanol–water partition coefficient (Wildman–Crippen LogP) is 2.75. The van der Waals surface area contributed by atoms with Crippen LogP contribution in [0.25, 0.3) is 11.0 Å². The second kappa shape index (κ2) is 3.07. The maximum absolute atomic E-state index is 5.68. The Bertz CT molecular complexity index is 394. The number of hydrogen-bond donors (Lipinski definition) is 1. The van der Waals surface area contributed by atoms with E-state index in [1.807, 2.05) is 25.1 Å². The van der Waals surface area contributed by atoms with E-state index in [-0.39, 0.29) is 12.4 Å². The molecule has 0 saturated heterocycles. The minimum Gasteiger partial charge on any atom is -0.462 e. The number of fused-ring (bicyclic) bond motifs is 1. The summed E-state index contributed by atoms with van der Waals surface area (Å²) >= 11 is 0. The van der Waals surface area contributed by atoms with E-state index in [2.05, 4.69) is 0 Å². The largest absolute Gasteiger partial charge is 0.462 e. The van der Waals surface area contributed by atoms with Crippen LogP contribution in [0.5, 0.6) is 0 Å². The van der Waals surface area contributed by atoms with Crippen LogP contribution in [0.4, 0.5) is 5.69 Å². The van der Waals surface area contributed by atoms with E-state index in [1.54, 1.807) is 6.26 Å². The summed E-state index contributed by atoms with van der Waals surface area (Å²) in [6, 6.07) is 5.77. The second-order valence-electron chi connectivity index (χ2n) is 2.64. The van der Waals surface area contributed by atoms with Crippen molar-refractivity contribution in [1.29, 1.82) is 0 Å². The molecule has 0 atom stereocenters. The molecule has 1 aromatic heterocycles. The molecule has 1 heterocycles. The summed E-state index contributed by atoms with van der Waals surface area (Å²) in [6.45, 7) is 2.01. The summed E-state index contributed by atoms with van der Waals surface area (Å²) in [4.78, 5) is 0. The van der Waals surface area contributed by atoms with E-state index < -0.39 is 0 Å². The third kappa shape index (κ3) is 1.14. The first kappa shape index (κ1) is 8.94. The van der Waals surface area contributed by atoms with E-state index in [4.69, 9.17) is 10.2 Å². The Kier molecular flexibility index (Phi) is 2.29. The van der Waals surface area contributed by atoms with Crippen LogP contribution in [0.2, 0.25) is 0 Å². The summed E-state index contributed by atoms with van der Waals surface area (Å²) in [5.41, 5.74) is 8.31. The molecule has 2 aromatic rings. The van der Waals surface area contributed by atoms with Crippen molar-refractivity contribution in [3.63, 3.8) is 0 Å². The second-order valence-corrected chi connectivity index (χ2v) is 2.64. The molecule has 0 bridgehead atoms. The Hall–Kier alpha value is -1.15. The van der Waals surface area contributed by atoms with Gasteiger partial charge >= 0.3 is 0 Å². The van der Waals surface area contributed by atoms with E-state index in [0.717, 1.165) is 16.5 Å². The molecule has 0 spiro atoms. The van der Waals surface area contributed by atoms with Gasteiger partial charge in [0.1, 0.15) is 0 Å². The van der Waals surface area contributed by atoms with E-state index in [1.165, 1.54) is 0 Å². The molecule has 2 nitrogen and oxygen atoms in total. The smallest absolute Gasteiger partial charge is 0.156 e. The summed E-state index contributed by atoms with van der Waals surface area (Å²) in [6.07, 6.45) is 1.72. The molecule has 0 amide bonds. The van der Waals surface area contributed by atoms with E-state index in [9.17, 15) is 0 Å². The molecule has 0 saturated carbocycles. The third-order valence-electron chi connectivity index (χ3n) is 1.82. The molecule has 1 aromatic carbocycles. The summed E-state index contributed by atoms with van der Waals surface area (Å²) in [7, 11) is 0. The monoisotopic (exact) mass is 183 g/mol. The van der Waals surface area contributed by atoms with Crippen LogP contribution in [0, 0.1) is 6.92 Å². The standard InChI is InChI=1S/C9H9NO.ClH/c1-6-5-11-9-7(6)3-2-4-8(9)10;/h2-5H,10H2,1H3;1H. The van der Waals surface area contributed by atoms with Crippen LogP contribution in [-0.2, 0) is 0 Å². The highest BCUT2D eigenvalue weighted by molar-refractivity contribution is 5.90. The van der Waals surface area contributed by atoms with Crippen LogP contribution in [0.3, 0.4) is 0 Å². The number of aryl methyl sites for hydroxylation is 1. The lowest BCUT2D eigenvalue weighted by molar-refractivity contribution is 0.614. The Labute approximate surface area is 76.8 Å². The molecule has 0 fully saturated rings. The lowest BCUT2D eigenvalue weighted by Crippen LogP contribution is -1.83. The van der Waals surface area contributed by atoms with Crippen molar-refractivity contribution in [2.45, 2.75) is 6.92 Å². The van der Waals surface area contributed by atoms with Gasteiger partial charge in [-0.2, -0.15) is 0 Å². The first-order valence-corrected chi connectivity index (χ1v) is 3.51. The Morgan fingerprint density at radius 1 is 1.33 bits per heavy atom. The maximum atomic E-state index is 5.68. The molecule has 64 valence electrons. The molecule has 2 rings (SSSR count). The average Bonchev–Trinajstić information content (AvgIpc) is 2.35. The van der Waals surface area contributed by atoms with Gasteiger partial charge in [-0.05, 0) is 18.6 Å². The topological polar surface area (TPSA) is 39.2 Å². The van der Waals surface area contributed by atoms with Gasteiger partial charge in [-0.1, -0.05) is 12.1 Å². The van der Waals surface area contributed by atoms with Gasteiger partial charge < -0.3 is 10.2 Å². The summed E-state index contributed by atoms with van der Waals surface area (Å²) < 4.78 is 5.25. The van der Waals surface area contributed by atoms with Gasteiger partial charge in [-0.15, -0.1) is 12.4 Å². The van der Waals surface area contributed by atoms with Crippen molar-refractivity contribution >= 4 is 29.1 Å². The van der Waals surface area contributed by atoms with Gasteiger partial charge in [0, 0.05) is 5.39 Å². The minimum absolute atomic E-state index is 0.